The van der Waals surface area contributed by atoms with Crippen LogP contribution in [-0.4, -0.2) is 16.4 Å². The Hall–Kier alpha value is -0.870. The van der Waals surface area contributed by atoms with E-state index in [0.717, 1.165) is 18.7 Å². The van der Waals surface area contributed by atoms with Crippen molar-refractivity contribution in [3.63, 3.8) is 0 Å². The molecule has 0 fully saturated rings. The van der Waals surface area contributed by atoms with E-state index in [2.05, 4.69) is 18.9 Å². The second-order valence-electron chi connectivity index (χ2n) is 3.92. The van der Waals surface area contributed by atoms with Crippen LogP contribution in [0.3, 0.4) is 0 Å². The predicted octanol–water partition coefficient (Wildman–Crippen LogP) is 0.995. The Morgan fingerprint density at radius 3 is 3.00 bits per heavy atom. The fourth-order valence-corrected chi connectivity index (χ4v) is 1.91. The lowest BCUT2D eigenvalue weighted by Gasteiger charge is -2.12. The summed E-state index contributed by atoms with van der Waals surface area (Å²) in [6.07, 6.45) is 0.919. The highest BCUT2D eigenvalue weighted by molar-refractivity contribution is 5.27. The number of ether oxygens (including phenoxy) is 1. The molecule has 1 aromatic heterocycles. The van der Waals surface area contributed by atoms with Crippen LogP contribution < -0.4 is 5.73 Å². The SMILES string of the molecule is CC(C)n1nc2c(c1CN)COCC2. The van der Waals surface area contributed by atoms with Crippen LogP contribution in [0, 0.1) is 0 Å². The quantitative estimate of drug-likeness (QED) is 0.765. The van der Waals surface area contributed by atoms with E-state index in [1.165, 1.54) is 11.3 Å². The van der Waals surface area contributed by atoms with Gasteiger partial charge in [-0.1, -0.05) is 0 Å². The van der Waals surface area contributed by atoms with Gasteiger partial charge in [-0.25, -0.2) is 0 Å². The van der Waals surface area contributed by atoms with E-state index < -0.39 is 0 Å². The van der Waals surface area contributed by atoms with Gasteiger partial charge in [0.1, 0.15) is 0 Å². The normalized spacial score (nSPS) is 16.0. The van der Waals surface area contributed by atoms with Crippen LogP contribution in [0.25, 0.3) is 0 Å². The molecule has 4 nitrogen and oxygen atoms in total. The third kappa shape index (κ3) is 1.44. The lowest BCUT2D eigenvalue weighted by Crippen LogP contribution is -2.13. The molecule has 4 heteroatoms. The van der Waals surface area contributed by atoms with Crippen LogP contribution in [0.1, 0.15) is 36.8 Å². The summed E-state index contributed by atoms with van der Waals surface area (Å²) in [5.74, 6) is 0. The highest BCUT2D eigenvalue weighted by Crippen LogP contribution is 2.22. The molecule has 0 aliphatic carbocycles. The van der Waals surface area contributed by atoms with Crippen molar-refractivity contribution < 1.29 is 4.74 Å². The van der Waals surface area contributed by atoms with Crippen molar-refractivity contribution in [1.82, 2.24) is 9.78 Å². The van der Waals surface area contributed by atoms with E-state index in [-0.39, 0.29) is 0 Å². The Bertz CT molecular complexity index is 330. The zero-order chi connectivity index (χ0) is 10.1. The maximum absolute atomic E-state index is 5.74. The van der Waals surface area contributed by atoms with E-state index in [4.69, 9.17) is 10.5 Å². The van der Waals surface area contributed by atoms with Crippen molar-refractivity contribution >= 4 is 0 Å². The summed E-state index contributed by atoms with van der Waals surface area (Å²) < 4.78 is 7.45. The number of hydrogen-bond donors (Lipinski definition) is 1. The minimum atomic E-state index is 0.374. The number of aromatic nitrogens is 2. The molecule has 0 saturated carbocycles. The van der Waals surface area contributed by atoms with Gasteiger partial charge < -0.3 is 10.5 Å². The van der Waals surface area contributed by atoms with E-state index in [0.29, 0.717) is 19.2 Å². The highest BCUT2D eigenvalue weighted by Gasteiger charge is 2.20. The minimum absolute atomic E-state index is 0.374. The summed E-state index contributed by atoms with van der Waals surface area (Å²) in [5, 5.41) is 4.58. The second kappa shape index (κ2) is 3.71. The van der Waals surface area contributed by atoms with E-state index in [9.17, 15) is 0 Å². The van der Waals surface area contributed by atoms with Gasteiger partial charge in [0, 0.05) is 24.6 Å². The van der Waals surface area contributed by atoms with Crippen LogP contribution in [0.4, 0.5) is 0 Å². The molecule has 0 radical (unpaired) electrons. The standard InChI is InChI=1S/C10H17N3O/c1-7(2)13-10(5-11)8-6-14-4-3-9(8)12-13/h7H,3-6,11H2,1-2H3. The Labute approximate surface area is 84.0 Å². The molecule has 0 aromatic carbocycles. The smallest absolute Gasteiger partial charge is 0.0753 e. The molecule has 1 aromatic rings. The lowest BCUT2D eigenvalue weighted by atomic mass is 10.1. The molecule has 2 heterocycles. The zero-order valence-electron chi connectivity index (χ0n) is 8.79. The van der Waals surface area contributed by atoms with Crippen molar-refractivity contribution in [2.24, 2.45) is 5.73 Å². The fraction of sp³-hybridized carbons (Fsp3) is 0.700. The monoisotopic (exact) mass is 195 g/mol. The summed E-state index contributed by atoms with van der Waals surface area (Å²) in [5.41, 5.74) is 9.26. The van der Waals surface area contributed by atoms with Gasteiger partial charge in [0.05, 0.1) is 24.6 Å². The Morgan fingerprint density at radius 1 is 1.57 bits per heavy atom. The van der Waals surface area contributed by atoms with E-state index in [1.807, 2.05) is 4.68 Å². The number of hydrogen-bond acceptors (Lipinski definition) is 3. The van der Waals surface area contributed by atoms with Gasteiger partial charge in [-0.15, -0.1) is 0 Å². The molecule has 0 amide bonds. The minimum Gasteiger partial charge on any atom is -0.376 e. The number of rotatable bonds is 2. The first kappa shape index (κ1) is 9.68. The molecule has 2 rings (SSSR count). The zero-order valence-corrected chi connectivity index (χ0v) is 8.79. The van der Waals surface area contributed by atoms with E-state index in [1.54, 1.807) is 0 Å². The summed E-state index contributed by atoms with van der Waals surface area (Å²) in [4.78, 5) is 0. The molecule has 78 valence electrons. The maximum Gasteiger partial charge on any atom is 0.0753 e. The molecule has 0 saturated heterocycles. The molecule has 0 bridgehead atoms. The van der Waals surface area contributed by atoms with Crippen LogP contribution >= 0.6 is 0 Å². The topological polar surface area (TPSA) is 53.1 Å². The van der Waals surface area contributed by atoms with Crippen LogP contribution in [0.5, 0.6) is 0 Å². The molecule has 2 N–H and O–H groups in total. The summed E-state index contributed by atoms with van der Waals surface area (Å²) in [6, 6.07) is 0.374. The predicted molar refractivity (Wildman–Crippen MR) is 53.9 cm³/mol. The molecule has 1 aliphatic heterocycles. The summed E-state index contributed by atoms with van der Waals surface area (Å²) in [6.45, 7) is 6.25. The van der Waals surface area contributed by atoms with Gasteiger partial charge in [-0.2, -0.15) is 5.10 Å². The van der Waals surface area contributed by atoms with Gasteiger partial charge in [-0.3, -0.25) is 4.68 Å². The molecule has 0 unspecified atom stereocenters. The number of nitrogens with two attached hydrogens (primary N) is 1. The maximum atomic E-state index is 5.74. The molecular weight excluding hydrogens is 178 g/mol. The van der Waals surface area contributed by atoms with E-state index >= 15 is 0 Å². The molecular formula is C10H17N3O. The second-order valence-corrected chi connectivity index (χ2v) is 3.92. The van der Waals surface area contributed by atoms with Crippen LogP contribution in [0.15, 0.2) is 0 Å². The van der Waals surface area contributed by atoms with Crippen LogP contribution in [0.2, 0.25) is 0 Å². The molecule has 0 spiro atoms. The molecule has 1 aliphatic rings. The van der Waals surface area contributed by atoms with Crippen molar-refractivity contribution in [3.8, 4) is 0 Å². The van der Waals surface area contributed by atoms with Gasteiger partial charge in [0.15, 0.2) is 0 Å². The summed E-state index contributed by atoms with van der Waals surface area (Å²) in [7, 11) is 0. The van der Waals surface area contributed by atoms with Gasteiger partial charge >= 0.3 is 0 Å². The van der Waals surface area contributed by atoms with Crippen molar-refractivity contribution in [3.05, 3.63) is 17.0 Å². The van der Waals surface area contributed by atoms with Crippen LogP contribution in [-0.2, 0) is 24.3 Å². The van der Waals surface area contributed by atoms with Gasteiger partial charge in [0.25, 0.3) is 0 Å². The molecule has 14 heavy (non-hydrogen) atoms. The van der Waals surface area contributed by atoms with Crippen molar-refractivity contribution in [2.45, 2.75) is 39.5 Å². The third-order valence-corrected chi connectivity index (χ3v) is 2.61. The largest absolute Gasteiger partial charge is 0.376 e. The molecule has 0 atom stereocenters. The Kier molecular flexibility index (Phi) is 2.56. The first-order valence-electron chi connectivity index (χ1n) is 5.11. The Morgan fingerprint density at radius 2 is 2.36 bits per heavy atom. The first-order chi connectivity index (χ1) is 6.74. The van der Waals surface area contributed by atoms with Gasteiger partial charge in [0.2, 0.25) is 0 Å². The lowest BCUT2D eigenvalue weighted by molar-refractivity contribution is 0.109. The summed E-state index contributed by atoms with van der Waals surface area (Å²) >= 11 is 0. The average molecular weight is 195 g/mol. The van der Waals surface area contributed by atoms with Crippen molar-refractivity contribution in [2.75, 3.05) is 6.61 Å². The third-order valence-electron chi connectivity index (χ3n) is 2.61. The highest BCUT2D eigenvalue weighted by atomic mass is 16.5. The fourth-order valence-electron chi connectivity index (χ4n) is 1.91. The number of fused-ring (bicyclic) bond motifs is 1. The van der Waals surface area contributed by atoms with Crippen molar-refractivity contribution in [1.29, 1.82) is 0 Å². The first-order valence-corrected chi connectivity index (χ1v) is 5.11. The Balaban J connectivity index is 2.46. The number of nitrogens with zero attached hydrogens (tertiary/aromatic N) is 2. The van der Waals surface area contributed by atoms with Gasteiger partial charge in [-0.05, 0) is 13.8 Å². The average Bonchev–Trinajstić information content (AvgIpc) is 2.56.